The van der Waals surface area contributed by atoms with Crippen molar-refractivity contribution in [2.45, 2.75) is 45.2 Å². The minimum atomic E-state index is -0.121. The van der Waals surface area contributed by atoms with Crippen molar-refractivity contribution in [3.05, 3.63) is 16.1 Å². The molecule has 1 amide bonds. The van der Waals surface area contributed by atoms with Crippen LogP contribution in [0.15, 0.2) is 5.38 Å². The summed E-state index contributed by atoms with van der Waals surface area (Å²) in [7, 11) is 0. The van der Waals surface area contributed by atoms with Gasteiger partial charge in [0.05, 0.1) is 16.7 Å². The van der Waals surface area contributed by atoms with Gasteiger partial charge in [0.25, 0.3) is 0 Å². The largest absolute Gasteiger partial charge is 0.333 e. The van der Waals surface area contributed by atoms with Crippen LogP contribution in [0.5, 0.6) is 0 Å². The lowest BCUT2D eigenvalue weighted by Crippen LogP contribution is -2.33. The summed E-state index contributed by atoms with van der Waals surface area (Å²) in [6.45, 7) is 6.93. The second-order valence-electron chi connectivity index (χ2n) is 4.76. The van der Waals surface area contributed by atoms with Crippen LogP contribution >= 0.6 is 11.3 Å². The molecule has 1 aromatic heterocycles. The number of amides is 1. The number of hydrogen-bond acceptors (Lipinski definition) is 4. The van der Waals surface area contributed by atoms with Crippen molar-refractivity contribution in [1.29, 1.82) is 0 Å². The maximum Gasteiger partial charge on any atom is 0.224 e. The Balaban J connectivity index is 2.28. The lowest BCUT2D eigenvalue weighted by atomic mass is 10.1. The van der Waals surface area contributed by atoms with Crippen LogP contribution in [0.3, 0.4) is 0 Å². The Labute approximate surface area is 106 Å². The van der Waals surface area contributed by atoms with Crippen molar-refractivity contribution in [3.8, 4) is 0 Å². The van der Waals surface area contributed by atoms with E-state index in [9.17, 15) is 4.79 Å². The summed E-state index contributed by atoms with van der Waals surface area (Å²) in [4.78, 5) is 18.2. The molecule has 1 aliphatic heterocycles. The number of nitrogens with zero attached hydrogens (tertiary/aromatic N) is 2. The molecule has 0 radical (unpaired) electrons. The third-order valence-electron chi connectivity index (χ3n) is 3.15. The zero-order valence-corrected chi connectivity index (χ0v) is 11.3. The SMILES string of the molecule is CCN1C(=O)C[C@H](N)[C@H]1c1csc(C(C)C)n1. The Hall–Kier alpha value is -0.940. The Kier molecular flexibility index (Phi) is 3.49. The van der Waals surface area contributed by atoms with Crippen molar-refractivity contribution in [1.82, 2.24) is 9.88 Å². The van der Waals surface area contributed by atoms with Gasteiger partial charge in [-0.2, -0.15) is 0 Å². The second kappa shape index (κ2) is 4.74. The van der Waals surface area contributed by atoms with E-state index in [-0.39, 0.29) is 18.0 Å². The van der Waals surface area contributed by atoms with Gasteiger partial charge < -0.3 is 10.6 Å². The Morgan fingerprint density at radius 3 is 2.88 bits per heavy atom. The molecule has 4 nitrogen and oxygen atoms in total. The van der Waals surface area contributed by atoms with Gasteiger partial charge in [-0.3, -0.25) is 4.79 Å². The molecule has 0 unspecified atom stereocenters. The molecule has 5 heteroatoms. The van der Waals surface area contributed by atoms with Gasteiger partial charge in [-0.1, -0.05) is 13.8 Å². The number of carbonyl (C=O) groups excluding carboxylic acids is 1. The molecule has 0 saturated carbocycles. The molecule has 2 heterocycles. The number of carbonyl (C=O) groups is 1. The van der Waals surface area contributed by atoms with Crippen LogP contribution in [0.25, 0.3) is 0 Å². The molecule has 1 fully saturated rings. The van der Waals surface area contributed by atoms with Crippen LogP contribution in [0, 0.1) is 0 Å². The first kappa shape index (κ1) is 12.5. The fourth-order valence-electron chi connectivity index (χ4n) is 2.27. The van der Waals surface area contributed by atoms with E-state index in [1.165, 1.54) is 0 Å². The molecular weight excluding hydrogens is 234 g/mol. The highest BCUT2D eigenvalue weighted by Gasteiger charge is 2.38. The van der Waals surface area contributed by atoms with Gasteiger partial charge in [0.15, 0.2) is 0 Å². The molecule has 0 bridgehead atoms. The van der Waals surface area contributed by atoms with Gasteiger partial charge in [-0.05, 0) is 6.92 Å². The number of thiazole rings is 1. The average Bonchev–Trinajstić information content (AvgIpc) is 2.82. The van der Waals surface area contributed by atoms with Crippen LogP contribution in [0.2, 0.25) is 0 Å². The fraction of sp³-hybridized carbons (Fsp3) is 0.667. The summed E-state index contributed by atoms with van der Waals surface area (Å²) >= 11 is 1.66. The molecule has 0 aliphatic carbocycles. The van der Waals surface area contributed by atoms with E-state index in [2.05, 4.69) is 18.8 Å². The standard InChI is InChI=1S/C12H19N3OS/c1-4-15-10(16)5-8(13)11(15)9-6-17-12(14-9)7(2)3/h6-8,11H,4-5,13H2,1-3H3/t8-,11-/m0/s1. The molecular formula is C12H19N3OS. The smallest absolute Gasteiger partial charge is 0.224 e. The van der Waals surface area contributed by atoms with Crippen molar-refractivity contribution >= 4 is 17.2 Å². The average molecular weight is 253 g/mol. The maximum atomic E-state index is 11.8. The molecule has 17 heavy (non-hydrogen) atoms. The van der Waals surface area contributed by atoms with Crippen molar-refractivity contribution in [2.24, 2.45) is 5.73 Å². The van der Waals surface area contributed by atoms with Crippen molar-refractivity contribution in [3.63, 3.8) is 0 Å². The monoisotopic (exact) mass is 253 g/mol. The predicted molar refractivity (Wildman–Crippen MR) is 68.9 cm³/mol. The first-order valence-electron chi connectivity index (χ1n) is 6.05. The fourth-order valence-corrected chi connectivity index (χ4v) is 3.13. The van der Waals surface area contributed by atoms with E-state index in [1.54, 1.807) is 11.3 Å². The molecule has 1 aliphatic rings. The first-order chi connectivity index (χ1) is 8.04. The predicted octanol–water partition coefficient (Wildman–Crippen LogP) is 1.89. The highest BCUT2D eigenvalue weighted by atomic mass is 32.1. The zero-order valence-electron chi connectivity index (χ0n) is 10.5. The number of nitrogens with two attached hydrogens (primary N) is 1. The minimum Gasteiger partial charge on any atom is -0.333 e. The minimum absolute atomic E-state index is 0.0313. The van der Waals surface area contributed by atoms with Crippen LogP contribution in [-0.2, 0) is 4.79 Å². The van der Waals surface area contributed by atoms with E-state index >= 15 is 0 Å². The Bertz CT molecular complexity index is 416. The van der Waals surface area contributed by atoms with Gasteiger partial charge in [-0.25, -0.2) is 4.98 Å². The third kappa shape index (κ3) is 2.21. The molecule has 2 atom stereocenters. The molecule has 0 aromatic carbocycles. The molecule has 1 aromatic rings. The van der Waals surface area contributed by atoms with Crippen molar-refractivity contribution in [2.75, 3.05) is 6.54 Å². The topological polar surface area (TPSA) is 59.2 Å². The van der Waals surface area contributed by atoms with Crippen LogP contribution in [0.1, 0.15) is 49.9 Å². The van der Waals surface area contributed by atoms with Gasteiger partial charge >= 0.3 is 0 Å². The van der Waals surface area contributed by atoms with E-state index in [1.807, 2.05) is 17.2 Å². The normalized spacial score (nSPS) is 25.0. The summed E-state index contributed by atoms with van der Waals surface area (Å²) in [5.74, 6) is 0.571. The second-order valence-corrected chi connectivity index (χ2v) is 5.65. The molecule has 94 valence electrons. The van der Waals surface area contributed by atoms with E-state index in [0.29, 0.717) is 18.9 Å². The summed E-state index contributed by atoms with van der Waals surface area (Å²) < 4.78 is 0. The number of rotatable bonds is 3. The number of hydrogen-bond donors (Lipinski definition) is 1. The van der Waals surface area contributed by atoms with Crippen molar-refractivity contribution < 1.29 is 4.79 Å². The van der Waals surface area contributed by atoms with Gasteiger partial charge in [-0.15, -0.1) is 11.3 Å². The number of aromatic nitrogens is 1. The number of likely N-dealkylation sites (tertiary alicyclic amines) is 1. The van der Waals surface area contributed by atoms with Crippen LogP contribution < -0.4 is 5.73 Å². The van der Waals surface area contributed by atoms with Gasteiger partial charge in [0, 0.05) is 30.3 Å². The third-order valence-corrected chi connectivity index (χ3v) is 4.31. The summed E-state index contributed by atoms with van der Waals surface area (Å²) in [6, 6.07) is -0.152. The van der Waals surface area contributed by atoms with Crippen LogP contribution in [0.4, 0.5) is 0 Å². The van der Waals surface area contributed by atoms with Gasteiger partial charge in [0.1, 0.15) is 0 Å². The van der Waals surface area contributed by atoms with E-state index < -0.39 is 0 Å². The lowest BCUT2D eigenvalue weighted by Gasteiger charge is -2.23. The summed E-state index contributed by atoms with van der Waals surface area (Å²) in [5.41, 5.74) is 7.01. The highest BCUT2D eigenvalue weighted by molar-refractivity contribution is 7.09. The summed E-state index contributed by atoms with van der Waals surface area (Å²) in [5, 5.41) is 3.16. The first-order valence-corrected chi connectivity index (χ1v) is 6.93. The Morgan fingerprint density at radius 2 is 2.35 bits per heavy atom. The Morgan fingerprint density at radius 1 is 1.65 bits per heavy atom. The van der Waals surface area contributed by atoms with Gasteiger partial charge in [0.2, 0.25) is 5.91 Å². The van der Waals surface area contributed by atoms with E-state index in [4.69, 9.17) is 5.73 Å². The maximum absolute atomic E-state index is 11.8. The number of likely N-dealkylation sites (N-methyl/N-ethyl adjacent to an activating group) is 1. The molecule has 2 rings (SSSR count). The summed E-state index contributed by atoms with van der Waals surface area (Å²) in [6.07, 6.45) is 0.438. The highest BCUT2D eigenvalue weighted by Crippen LogP contribution is 2.33. The molecule has 1 saturated heterocycles. The lowest BCUT2D eigenvalue weighted by molar-refractivity contribution is -0.128. The van der Waals surface area contributed by atoms with Crippen LogP contribution in [-0.4, -0.2) is 28.4 Å². The molecule has 2 N–H and O–H groups in total. The zero-order chi connectivity index (χ0) is 12.6. The quantitative estimate of drug-likeness (QED) is 0.895. The molecule has 0 spiro atoms. The van der Waals surface area contributed by atoms with E-state index in [0.717, 1.165) is 10.7 Å².